The molecule has 188 valence electrons. The summed E-state index contributed by atoms with van der Waals surface area (Å²) in [5, 5.41) is 2.75. The minimum Gasteiger partial charge on any atom is -0.494 e. The number of hydrogen-bond acceptors (Lipinski definition) is 7. The van der Waals surface area contributed by atoms with Crippen molar-refractivity contribution in [2.45, 2.75) is 13.3 Å². The molecule has 8 nitrogen and oxygen atoms in total. The van der Waals surface area contributed by atoms with Crippen molar-refractivity contribution in [1.82, 2.24) is 15.7 Å². The molecule has 1 heterocycles. The van der Waals surface area contributed by atoms with Crippen molar-refractivity contribution < 1.29 is 14.3 Å². The van der Waals surface area contributed by atoms with Gasteiger partial charge in [0.1, 0.15) is 5.75 Å². The molecule has 0 spiro atoms. The summed E-state index contributed by atoms with van der Waals surface area (Å²) in [5.41, 5.74) is 7.80. The normalized spacial score (nSPS) is 10.3. The molecule has 0 unspecified atom stereocenters. The molecular formula is C28H33N5O3. The molecule has 2 aromatic carbocycles. The first kappa shape index (κ1) is 28.1. The number of amides is 1. The highest BCUT2D eigenvalue weighted by Gasteiger charge is 2.10. The minimum atomic E-state index is -0.0329. The van der Waals surface area contributed by atoms with Crippen molar-refractivity contribution >= 4 is 24.5 Å². The lowest BCUT2D eigenvalue weighted by Crippen LogP contribution is -2.22. The van der Waals surface area contributed by atoms with Gasteiger partial charge in [-0.3, -0.25) is 25.8 Å². The quantitative estimate of drug-likeness (QED) is 0.131. The van der Waals surface area contributed by atoms with E-state index in [0.717, 1.165) is 35.1 Å². The highest BCUT2D eigenvalue weighted by atomic mass is 16.5. The van der Waals surface area contributed by atoms with E-state index in [2.05, 4.69) is 33.1 Å². The molecule has 0 atom stereocenters. The number of carbonyl (C=O) groups is 2. The SMILES string of the molecule is C=Cc1nc(-c2ccc(-c3ccc(OCCCNC(C)=O)cc3)cc2)cc(C=O)c1C=NC.CNN. The summed E-state index contributed by atoms with van der Waals surface area (Å²) in [5.74, 6) is 5.35. The average Bonchev–Trinajstić information content (AvgIpc) is 2.89. The first-order valence-electron chi connectivity index (χ1n) is 11.5. The fourth-order valence-corrected chi connectivity index (χ4v) is 3.37. The van der Waals surface area contributed by atoms with E-state index in [1.54, 1.807) is 32.5 Å². The zero-order chi connectivity index (χ0) is 26.3. The molecule has 1 amide bonds. The lowest BCUT2D eigenvalue weighted by Gasteiger charge is -2.10. The van der Waals surface area contributed by atoms with Crippen molar-refractivity contribution in [2.75, 3.05) is 27.2 Å². The zero-order valence-electron chi connectivity index (χ0n) is 21.0. The van der Waals surface area contributed by atoms with Gasteiger partial charge in [0, 0.05) is 43.4 Å². The number of hydrogen-bond donors (Lipinski definition) is 3. The Labute approximate surface area is 212 Å². The van der Waals surface area contributed by atoms with Crippen LogP contribution < -0.4 is 21.3 Å². The number of nitrogens with two attached hydrogens (primary N) is 1. The molecule has 0 aliphatic heterocycles. The van der Waals surface area contributed by atoms with Gasteiger partial charge in [-0.15, -0.1) is 0 Å². The first-order chi connectivity index (χ1) is 17.5. The van der Waals surface area contributed by atoms with E-state index in [0.29, 0.717) is 35.7 Å². The van der Waals surface area contributed by atoms with Crippen molar-refractivity contribution in [3.8, 4) is 28.1 Å². The molecule has 0 saturated heterocycles. The van der Waals surface area contributed by atoms with Crippen molar-refractivity contribution in [3.63, 3.8) is 0 Å². The number of aliphatic imine (C=N–C) groups is 1. The van der Waals surface area contributed by atoms with Gasteiger partial charge in [0.05, 0.1) is 18.0 Å². The Morgan fingerprint density at radius 3 is 2.22 bits per heavy atom. The summed E-state index contributed by atoms with van der Waals surface area (Å²) >= 11 is 0. The Morgan fingerprint density at radius 1 is 1.11 bits per heavy atom. The minimum absolute atomic E-state index is 0.0329. The van der Waals surface area contributed by atoms with E-state index >= 15 is 0 Å². The summed E-state index contributed by atoms with van der Waals surface area (Å²) in [6.45, 7) is 6.46. The monoisotopic (exact) mass is 487 g/mol. The number of nitrogens with zero attached hydrogens (tertiary/aromatic N) is 2. The maximum atomic E-state index is 11.6. The van der Waals surface area contributed by atoms with Crippen LogP contribution in [0.25, 0.3) is 28.5 Å². The molecule has 36 heavy (non-hydrogen) atoms. The van der Waals surface area contributed by atoms with Gasteiger partial charge >= 0.3 is 0 Å². The average molecular weight is 488 g/mol. The summed E-state index contributed by atoms with van der Waals surface area (Å²) in [6.07, 6.45) is 4.82. The lowest BCUT2D eigenvalue weighted by molar-refractivity contribution is -0.118. The van der Waals surface area contributed by atoms with Crippen LogP contribution in [0.4, 0.5) is 0 Å². The van der Waals surface area contributed by atoms with Gasteiger partial charge in [-0.2, -0.15) is 0 Å². The van der Waals surface area contributed by atoms with Crippen LogP contribution in [0, 0.1) is 0 Å². The molecule has 1 aromatic heterocycles. The molecule has 0 aliphatic carbocycles. The topological polar surface area (TPSA) is 119 Å². The summed E-state index contributed by atoms with van der Waals surface area (Å²) in [4.78, 5) is 31.1. The smallest absolute Gasteiger partial charge is 0.216 e. The van der Waals surface area contributed by atoms with Crippen LogP contribution in [-0.2, 0) is 4.79 Å². The van der Waals surface area contributed by atoms with Gasteiger partial charge in [0.25, 0.3) is 0 Å². The summed E-state index contributed by atoms with van der Waals surface area (Å²) in [6, 6.07) is 17.7. The number of benzene rings is 2. The second-order valence-electron chi connectivity index (χ2n) is 7.68. The van der Waals surface area contributed by atoms with Crippen molar-refractivity contribution in [1.29, 1.82) is 0 Å². The molecule has 0 fully saturated rings. The molecule has 3 aromatic rings. The first-order valence-corrected chi connectivity index (χ1v) is 11.5. The highest BCUT2D eigenvalue weighted by Crippen LogP contribution is 2.27. The summed E-state index contributed by atoms with van der Waals surface area (Å²) < 4.78 is 5.72. The third-order valence-electron chi connectivity index (χ3n) is 5.03. The number of rotatable bonds is 10. The second kappa shape index (κ2) is 15.0. The number of pyridine rings is 1. The van der Waals surface area contributed by atoms with Crippen molar-refractivity contribution in [3.05, 3.63) is 78.0 Å². The molecule has 0 radical (unpaired) electrons. The number of aldehydes is 1. The Bertz CT molecular complexity index is 1140. The van der Waals surface area contributed by atoms with Crippen molar-refractivity contribution in [2.24, 2.45) is 10.8 Å². The van der Waals surface area contributed by atoms with Gasteiger partial charge < -0.3 is 10.1 Å². The zero-order valence-corrected chi connectivity index (χ0v) is 21.0. The molecular weight excluding hydrogens is 454 g/mol. The molecule has 0 bridgehead atoms. The van der Waals surface area contributed by atoms with Crippen LogP contribution in [0.2, 0.25) is 0 Å². The largest absolute Gasteiger partial charge is 0.494 e. The van der Waals surface area contributed by atoms with E-state index < -0.39 is 0 Å². The Kier molecular flexibility index (Phi) is 11.7. The molecule has 3 rings (SSSR count). The maximum Gasteiger partial charge on any atom is 0.216 e. The number of ether oxygens (including phenoxy) is 1. The number of hydrazine groups is 1. The van der Waals surface area contributed by atoms with Gasteiger partial charge in [-0.25, -0.2) is 4.98 Å². The molecule has 0 saturated carbocycles. The van der Waals surface area contributed by atoms with E-state index in [1.165, 1.54) is 6.92 Å². The third-order valence-corrected chi connectivity index (χ3v) is 5.03. The van der Waals surface area contributed by atoms with Crippen LogP contribution in [0.5, 0.6) is 5.75 Å². The van der Waals surface area contributed by atoms with E-state index in [9.17, 15) is 9.59 Å². The Morgan fingerprint density at radius 2 is 1.69 bits per heavy atom. The van der Waals surface area contributed by atoms with Crippen LogP contribution in [0.1, 0.15) is 35.0 Å². The lowest BCUT2D eigenvalue weighted by atomic mass is 10.00. The third kappa shape index (κ3) is 8.26. The van der Waals surface area contributed by atoms with Gasteiger partial charge in [0.2, 0.25) is 5.91 Å². The predicted octanol–water partition coefficient (Wildman–Crippen LogP) is 3.90. The Balaban J connectivity index is 0.00000145. The highest BCUT2D eigenvalue weighted by molar-refractivity contribution is 5.96. The maximum absolute atomic E-state index is 11.6. The molecule has 8 heteroatoms. The van der Waals surface area contributed by atoms with Crippen LogP contribution in [-0.4, -0.2) is 50.6 Å². The predicted molar refractivity (Wildman–Crippen MR) is 146 cm³/mol. The van der Waals surface area contributed by atoms with Crippen LogP contribution >= 0.6 is 0 Å². The van der Waals surface area contributed by atoms with Crippen LogP contribution in [0.15, 0.2) is 66.2 Å². The number of aromatic nitrogens is 1. The van der Waals surface area contributed by atoms with E-state index in [4.69, 9.17) is 4.74 Å². The van der Waals surface area contributed by atoms with Crippen LogP contribution in [0.3, 0.4) is 0 Å². The fraction of sp³-hybridized carbons (Fsp3) is 0.214. The summed E-state index contributed by atoms with van der Waals surface area (Å²) in [7, 11) is 3.31. The van der Waals surface area contributed by atoms with E-state index in [1.807, 2.05) is 48.5 Å². The molecule has 4 N–H and O–H groups in total. The fourth-order valence-electron chi connectivity index (χ4n) is 3.37. The van der Waals surface area contributed by atoms with E-state index in [-0.39, 0.29) is 5.91 Å². The standard InChI is InChI=1S/C27H27N3O3.CH6N2/c1-4-26-25(17-28-3)23(18-31)16-27(30-26)22-8-6-20(7-9-22)21-10-12-24(13-11-21)33-15-5-14-29-19(2)32;1-3-2/h4,6-13,16-18H,1,5,14-15H2,2-3H3,(H,29,32);3H,2H2,1H3. The molecule has 0 aliphatic rings. The number of nitrogens with one attached hydrogen (secondary N) is 2. The second-order valence-corrected chi connectivity index (χ2v) is 7.68. The van der Waals surface area contributed by atoms with Gasteiger partial charge in [-0.1, -0.05) is 43.0 Å². The van der Waals surface area contributed by atoms with Gasteiger partial charge in [0.15, 0.2) is 6.29 Å². The number of carbonyl (C=O) groups excluding carboxylic acids is 2. The van der Waals surface area contributed by atoms with Gasteiger partial charge in [-0.05, 0) is 48.9 Å². The Hall–Kier alpha value is -4.14.